The quantitative estimate of drug-likeness (QED) is 0.813. The molecule has 21 heavy (non-hydrogen) atoms. The summed E-state index contributed by atoms with van der Waals surface area (Å²) in [5.41, 5.74) is 0.467. The van der Waals surface area contributed by atoms with Gasteiger partial charge in [0.15, 0.2) is 0 Å². The van der Waals surface area contributed by atoms with Crippen molar-refractivity contribution in [2.75, 3.05) is 11.8 Å². The lowest BCUT2D eigenvalue weighted by Gasteiger charge is -2.09. The largest absolute Gasteiger partial charge is 0.355 e. The molecule has 0 aliphatic carbocycles. The number of sulfonamides is 1. The van der Waals surface area contributed by atoms with Crippen molar-refractivity contribution < 1.29 is 13.2 Å². The molecule has 0 bridgehead atoms. The van der Waals surface area contributed by atoms with Gasteiger partial charge in [-0.05, 0) is 46.3 Å². The lowest BCUT2D eigenvalue weighted by Crippen LogP contribution is -2.18. The van der Waals surface area contributed by atoms with Crippen molar-refractivity contribution >= 4 is 60.5 Å². The third-order valence-corrected chi connectivity index (χ3v) is 6.32. The van der Waals surface area contributed by atoms with Crippen LogP contribution in [-0.4, -0.2) is 21.4 Å². The van der Waals surface area contributed by atoms with Gasteiger partial charge in [0.25, 0.3) is 15.9 Å². The molecular weight excluding hydrogens is 400 g/mol. The van der Waals surface area contributed by atoms with E-state index in [1.54, 1.807) is 6.07 Å². The fraction of sp³-hybridized carbons (Fsp3) is 0.0833. The Morgan fingerprint density at radius 3 is 2.57 bits per heavy atom. The Kier molecular flexibility index (Phi) is 4.92. The van der Waals surface area contributed by atoms with Crippen LogP contribution in [0.5, 0.6) is 0 Å². The Labute approximate surface area is 139 Å². The fourth-order valence-electron chi connectivity index (χ4n) is 1.53. The zero-order valence-electron chi connectivity index (χ0n) is 10.7. The van der Waals surface area contributed by atoms with Crippen molar-refractivity contribution in [3.8, 4) is 0 Å². The second-order valence-electron chi connectivity index (χ2n) is 3.94. The number of benzene rings is 1. The summed E-state index contributed by atoms with van der Waals surface area (Å²) in [5, 5.41) is 2.67. The van der Waals surface area contributed by atoms with Gasteiger partial charge in [0.1, 0.15) is 4.21 Å². The first-order valence-electron chi connectivity index (χ1n) is 5.63. The summed E-state index contributed by atoms with van der Waals surface area (Å²) in [6.07, 6.45) is 0. The van der Waals surface area contributed by atoms with E-state index in [9.17, 15) is 13.2 Å². The summed E-state index contributed by atoms with van der Waals surface area (Å²) in [6.45, 7) is 0. The molecule has 0 fully saturated rings. The minimum absolute atomic E-state index is 0.149. The molecule has 0 unspecified atom stereocenters. The van der Waals surface area contributed by atoms with E-state index in [1.165, 1.54) is 31.3 Å². The molecule has 0 radical (unpaired) electrons. The van der Waals surface area contributed by atoms with E-state index in [1.807, 2.05) is 0 Å². The molecule has 2 rings (SSSR count). The number of carbonyl (C=O) groups is 1. The number of carbonyl (C=O) groups excluding carboxylic acids is 1. The molecule has 1 amide bonds. The van der Waals surface area contributed by atoms with Crippen LogP contribution in [0.15, 0.2) is 38.3 Å². The lowest BCUT2D eigenvalue weighted by atomic mass is 10.2. The number of thiophene rings is 1. The zero-order chi connectivity index (χ0) is 15.6. The molecule has 0 aliphatic rings. The zero-order valence-corrected chi connectivity index (χ0v) is 14.7. The van der Waals surface area contributed by atoms with E-state index in [0.29, 0.717) is 9.35 Å². The van der Waals surface area contributed by atoms with Gasteiger partial charge in [0, 0.05) is 12.6 Å². The van der Waals surface area contributed by atoms with E-state index >= 15 is 0 Å². The van der Waals surface area contributed by atoms with Crippen LogP contribution in [0.2, 0.25) is 5.02 Å². The van der Waals surface area contributed by atoms with Crippen molar-refractivity contribution in [1.82, 2.24) is 5.32 Å². The topological polar surface area (TPSA) is 75.3 Å². The Hall–Kier alpha value is -1.09. The highest BCUT2D eigenvalue weighted by molar-refractivity contribution is 9.11. The maximum Gasteiger partial charge on any atom is 0.271 e. The SMILES string of the molecule is CNC(=O)c1ccc(Cl)c(NS(=O)(=O)c2ccc(Br)s2)c1. The second-order valence-corrected chi connectivity index (χ2v) is 8.72. The third kappa shape index (κ3) is 3.76. The number of amides is 1. The molecule has 0 saturated heterocycles. The highest BCUT2D eigenvalue weighted by atomic mass is 79.9. The Morgan fingerprint density at radius 1 is 1.29 bits per heavy atom. The van der Waals surface area contributed by atoms with Crippen LogP contribution in [0.25, 0.3) is 0 Å². The minimum Gasteiger partial charge on any atom is -0.355 e. The first kappa shape index (κ1) is 16.3. The molecule has 9 heteroatoms. The van der Waals surface area contributed by atoms with Gasteiger partial charge in [0.2, 0.25) is 0 Å². The van der Waals surface area contributed by atoms with Crippen molar-refractivity contribution in [3.63, 3.8) is 0 Å². The summed E-state index contributed by atoms with van der Waals surface area (Å²) >= 11 is 10.3. The number of hydrogen-bond acceptors (Lipinski definition) is 4. The summed E-state index contributed by atoms with van der Waals surface area (Å²) in [5.74, 6) is -0.328. The molecule has 2 N–H and O–H groups in total. The number of nitrogens with one attached hydrogen (secondary N) is 2. The predicted molar refractivity (Wildman–Crippen MR) is 87.7 cm³/mol. The van der Waals surface area contributed by atoms with Gasteiger partial charge in [-0.2, -0.15) is 0 Å². The molecule has 5 nitrogen and oxygen atoms in total. The second kappa shape index (κ2) is 6.35. The highest BCUT2D eigenvalue weighted by Crippen LogP contribution is 2.30. The van der Waals surface area contributed by atoms with Crippen LogP contribution in [0.1, 0.15) is 10.4 Å². The molecular formula is C12H10BrClN2O3S2. The number of halogens is 2. The van der Waals surface area contributed by atoms with Gasteiger partial charge in [-0.25, -0.2) is 8.42 Å². The van der Waals surface area contributed by atoms with Crippen LogP contribution in [-0.2, 0) is 10.0 Å². The molecule has 1 heterocycles. The number of hydrogen-bond donors (Lipinski definition) is 2. The van der Waals surface area contributed by atoms with E-state index < -0.39 is 10.0 Å². The van der Waals surface area contributed by atoms with Crippen LogP contribution >= 0.6 is 38.9 Å². The maximum absolute atomic E-state index is 12.2. The monoisotopic (exact) mass is 408 g/mol. The molecule has 0 atom stereocenters. The molecule has 0 saturated carbocycles. The van der Waals surface area contributed by atoms with Gasteiger partial charge >= 0.3 is 0 Å². The molecule has 0 aliphatic heterocycles. The van der Waals surface area contributed by atoms with Crippen molar-refractivity contribution in [2.45, 2.75) is 4.21 Å². The van der Waals surface area contributed by atoms with Crippen molar-refractivity contribution in [1.29, 1.82) is 0 Å². The first-order chi connectivity index (χ1) is 9.83. The fourth-order valence-corrected chi connectivity index (χ4v) is 4.83. The van der Waals surface area contributed by atoms with Crippen molar-refractivity contribution in [3.05, 3.63) is 44.7 Å². The first-order valence-corrected chi connectivity index (χ1v) is 9.10. The average molecular weight is 410 g/mol. The number of rotatable bonds is 4. The smallest absolute Gasteiger partial charge is 0.271 e. The Morgan fingerprint density at radius 2 is 2.00 bits per heavy atom. The minimum atomic E-state index is -3.74. The van der Waals surface area contributed by atoms with E-state index in [-0.39, 0.29) is 20.8 Å². The summed E-state index contributed by atoms with van der Waals surface area (Å²) in [6, 6.07) is 7.49. The summed E-state index contributed by atoms with van der Waals surface area (Å²) in [4.78, 5) is 11.6. The Bertz CT molecular complexity index is 790. The van der Waals surface area contributed by atoms with Crippen LogP contribution in [0.4, 0.5) is 5.69 Å². The van der Waals surface area contributed by atoms with Gasteiger partial charge in [-0.1, -0.05) is 11.6 Å². The van der Waals surface area contributed by atoms with Crippen LogP contribution in [0.3, 0.4) is 0 Å². The summed E-state index contributed by atoms with van der Waals surface area (Å²) in [7, 11) is -2.25. The van der Waals surface area contributed by atoms with Crippen LogP contribution in [0, 0.1) is 0 Å². The van der Waals surface area contributed by atoms with Crippen LogP contribution < -0.4 is 10.0 Å². The molecule has 1 aromatic heterocycles. The Balaban J connectivity index is 2.37. The van der Waals surface area contributed by atoms with E-state index in [2.05, 4.69) is 26.0 Å². The maximum atomic E-state index is 12.2. The van der Waals surface area contributed by atoms with Gasteiger partial charge < -0.3 is 5.32 Å². The standard InChI is InChI=1S/C12H10BrClN2O3S2/c1-15-12(17)7-2-3-8(14)9(6-7)16-21(18,19)11-5-4-10(13)20-11/h2-6,16H,1H3,(H,15,17). The van der Waals surface area contributed by atoms with Gasteiger partial charge in [0.05, 0.1) is 14.5 Å². The van der Waals surface area contributed by atoms with E-state index in [0.717, 1.165) is 11.3 Å². The molecule has 112 valence electrons. The molecule has 0 spiro atoms. The predicted octanol–water partition coefficient (Wildman–Crippen LogP) is 3.32. The number of anilines is 1. The third-order valence-electron chi connectivity index (χ3n) is 2.51. The average Bonchev–Trinajstić information content (AvgIpc) is 2.87. The lowest BCUT2D eigenvalue weighted by molar-refractivity contribution is 0.0963. The molecule has 2 aromatic rings. The van der Waals surface area contributed by atoms with Crippen molar-refractivity contribution in [2.24, 2.45) is 0 Å². The summed E-state index contributed by atoms with van der Waals surface area (Å²) < 4.78 is 27.7. The van der Waals surface area contributed by atoms with Gasteiger partial charge in [-0.3, -0.25) is 9.52 Å². The highest BCUT2D eigenvalue weighted by Gasteiger charge is 2.19. The normalized spacial score (nSPS) is 11.2. The van der Waals surface area contributed by atoms with Gasteiger partial charge in [-0.15, -0.1) is 11.3 Å². The molecule has 1 aromatic carbocycles. The van der Waals surface area contributed by atoms with E-state index in [4.69, 9.17) is 11.6 Å².